The van der Waals surface area contributed by atoms with Crippen molar-refractivity contribution < 1.29 is 14.4 Å². The molecule has 0 aliphatic rings. The summed E-state index contributed by atoms with van der Waals surface area (Å²) < 4.78 is 5.05. The Kier molecular flexibility index (Phi) is 4.08. The van der Waals surface area contributed by atoms with E-state index in [2.05, 4.69) is 30.0 Å². The summed E-state index contributed by atoms with van der Waals surface area (Å²) in [5.74, 6) is 0. The van der Waals surface area contributed by atoms with Crippen LogP contribution in [0.3, 0.4) is 0 Å². The lowest BCUT2D eigenvalue weighted by molar-refractivity contribution is 0.0426. The molecule has 6 nitrogen and oxygen atoms in total. The lowest BCUT2D eigenvalue weighted by Crippen LogP contribution is -2.26. The van der Waals surface area contributed by atoms with E-state index in [4.69, 9.17) is 9.57 Å². The number of fused-ring (bicyclic) bond motifs is 1. The number of ether oxygens (including phenoxy) is 1. The molecule has 0 aliphatic heterocycles. The Morgan fingerprint density at radius 1 is 1.35 bits per heavy atom. The van der Waals surface area contributed by atoms with Crippen molar-refractivity contribution in [3.63, 3.8) is 0 Å². The summed E-state index contributed by atoms with van der Waals surface area (Å²) in [5, 5.41) is 7.72. The maximum atomic E-state index is 11.6. The van der Waals surface area contributed by atoms with Gasteiger partial charge < -0.3 is 4.74 Å². The number of aromatic nitrogens is 3. The summed E-state index contributed by atoms with van der Waals surface area (Å²) in [4.78, 5) is 17.7. The van der Waals surface area contributed by atoms with Gasteiger partial charge in [-0.1, -0.05) is 30.6 Å². The van der Waals surface area contributed by atoms with Crippen molar-refractivity contribution in [1.29, 1.82) is 0 Å². The Hall–Kier alpha value is -1.89. The predicted octanol–water partition coefficient (Wildman–Crippen LogP) is 2.64. The maximum Gasteiger partial charge on any atom is 0.535 e. The highest BCUT2D eigenvalue weighted by Crippen LogP contribution is 2.12. The second kappa shape index (κ2) is 5.62. The van der Waals surface area contributed by atoms with E-state index >= 15 is 0 Å². The number of carbonyl (C=O) groups excluding carboxylic acids is 1. The minimum Gasteiger partial charge on any atom is -0.433 e. The molecule has 1 aromatic heterocycles. The molecule has 2 aromatic rings. The zero-order chi connectivity index (χ0) is 14.8. The van der Waals surface area contributed by atoms with Crippen molar-refractivity contribution in [1.82, 2.24) is 15.2 Å². The monoisotopic (exact) mass is 293 g/mol. The predicted molar refractivity (Wildman–Crippen MR) is 78.3 cm³/mol. The number of nitrogens with zero attached hydrogens (tertiary/aromatic N) is 3. The molecule has 0 bridgehead atoms. The van der Waals surface area contributed by atoms with Crippen LogP contribution in [0.4, 0.5) is 4.79 Å². The summed E-state index contributed by atoms with van der Waals surface area (Å²) in [5.41, 5.74) is 2.39. The van der Waals surface area contributed by atoms with Crippen LogP contribution in [0.25, 0.3) is 11.0 Å². The van der Waals surface area contributed by atoms with Crippen LogP contribution in [0.1, 0.15) is 5.56 Å². The SMILES string of the molecule is Cc1ccc2c(c1)nnn2OC(=O)OCC[Si](C)(C)C. The van der Waals surface area contributed by atoms with Gasteiger partial charge in [0.05, 0.1) is 6.61 Å². The first kappa shape index (κ1) is 14.5. The molecule has 0 atom stereocenters. The molecule has 0 N–H and O–H groups in total. The second-order valence-corrected chi connectivity index (χ2v) is 11.6. The molecule has 108 valence electrons. The summed E-state index contributed by atoms with van der Waals surface area (Å²) in [6.07, 6.45) is -0.754. The van der Waals surface area contributed by atoms with Gasteiger partial charge in [-0.05, 0) is 35.9 Å². The number of hydrogen-bond acceptors (Lipinski definition) is 5. The average Bonchev–Trinajstić information content (AvgIpc) is 2.70. The van der Waals surface area contributed by atoms with Crippen LogP contribution in [0.2, 0.25) is 25.7 Å². The molecule has 0 aliphatic carbocycles. The zero-order valence-electron chi connectivity index (χ0n) is 12.2. The number of aryl methyl sites for hydroxylation is 1. The first-order chi connectivity index (χ1) is 9.35. The largest absolute Gasteiger partial charge is 0.535 e. The Bertz CT molecular complexity index is 619. The fraction of sp³-hybridized carbons (Fsp3) is 0.462. The Morgan fingerprint density at radius 3 is 2.80 bits per heavy atom. The van der Waals surface area contributed by atoms with Gasteiger partial charge in [-0.2, -0.15) is 0 Å². The number of carbonyl (C=O) groups is 1. The third-order valence-electron chi connectivity index (χ3n) is 2.80. The van der Waals surface area contributed by atoms with E-state index in [1.807, 2.05) is 19.1 Å². The van der Waals surface area contributed by atoms with Gasteiger partial charge in [-0.15, -0.1) is 5.10 Å². The molecule has 0 fully saturated rings. The van der Waals surface area contributed by atoms with Crippen LogP contribution in [0.5, 0.6) is 0 Å². The molecule has 20 heavy (non-hydrogen) atoms. The number of hydrogen-bond donors (Lipinski definition) is 0. The normalized spacial score (nSPS) is 11.6. The van der Waals surface area contributed by atoms with Gasteiger partial charge in [-0.3, -0.25) is 4.84 Å². The molecule has 2 rings (SSSR count). The van der Waals surface area contributed by atoms with Crippen molar-refractivity contribution in [3.05, 3.63) is 23.8 Å². The Labute approximate surface area is 118 Å². The van der Waals surface area contributed by atoms with Crippen molar-refractivity contribution in [2.75, 3.05) is 6.61 Å². The van der Waals surface area contributed by atoms with Crippen LogP contribution < -0.4 is 4.84 Å². The van der Waals surface area contributed by atoms with Crippen LogP contribution in [-0.2, 0) is 4.74 Å². The minimum absolute atomic E-state index is 0.375. The molecule has 0 saturated carbocycles. The van der Waals surface area contributed by atoms with Gasteiger partial charge in [0.1, 0.15) is 11.0 Å². The van der Waals surface area contributed by atoms with E-state index in [0.717, 1.165) is 16.5 Å². The van der Waals surface area contributed by atoms with E-state index in [1.165, 1.54) is 0 Å². The lowest BCUT2D eigenvalue weighted by Gasteiger charge is -2.14. The standard InChI is InChI=1S/C13H19N3O3Si/c1-10-5-6-12-11(9-10)14-15-16(12)19-13(17)18-7-8-20(2,3)4/h5-6,9H,7-8H2,1-4H3. The molecule has 0 saturated heterocycles. The smallest absolute Gasteiger partial charge is 0.433 e. The highest BCUT2D eigenvalue weighted by Gasteiger charge is 2.16. The van der Waals surface area contributed by atoms with E-state index in [-0.39, 0.29) is 0 Å². The molecule has 0 amide bonds. The highest BCUT2D eigenvalue weighted by molar-refractivity contribution is 6.76. The molecule has 1 heterocycles. The number of rotatable bonds is 4. The first-order valence-corrected chi connectivity index (χ1v) is 10.2. The van der Waals surface area contributed by atoms with Gasteiger partial charge in [0.2, 0.25) is 0 Å². The van der Waals surface area contributed by atoms with Crippen molar-refractivity contribution in [2.45, 2.75) is 32.6 Å². The molecular formula is C13H19N3O3Si. The fourth-order valence-electron chi connectivity index (χ4n) is 1.62. The Morgan fingerprint density at radius 2 is 2.10 bits per heavy atom. The lowest BCUT2D eigenvalue weighted by atomic mass is 10.2. The number of benzene rings is 1. The summed E-state index contributed by atoms with van der Waals surface area (Å²) >= 11 is 0. The van der Waals surface area contributed by atoms with E-state index in [0.29, 0.717) is 17.6 Å². The van der Waals surface area contributed by atoms with Crippen LogP contribution >= 0.6 is 0 Å². The van der Waals surface area contributed by atoms with Gasteiger partial charge in [-0.25, -0.2) is 4.79 Å². The van der Waals surface area contributed by atoms with E-state index < -0.39 is 14.2 Å². The van der Waals surface area contributed by atoms with Crippen molar-refractivity contribution in [3.8, 4) is 0 Å². The summed E-state index contributed by atoms with van der Waals surface area (Å²) in [6.45, 7) is 8.99. The van der Waals surface area contributed by atoms with E-state index in [9.17, 15) is 4.79 Å². The maximum absolute atomic E-state index is 11.6. The minimum atomic E-state index is -1.22. The molecule has 1 aromatic carbocycles. The topological polar surface area (TPSA) is 66.2 Å². The quantitative estimate of drug-likeness (QED) is 0.492. The molecule has 0 spiro atoms. The summed E-state index contributed by atoms with van der Waals surface area (Å²) in [6, 6.07) is 6.49. The molecular weight excluding hydrogens is 274 g/mol. The van der Waals surface area contributed by atoms with E-state index in [1.54, 1.807) is 6.07 Å². The van der Waals surface area contributed by atoms with Gasteiger partial charge in [0.15, 0.2) is 0 Å². The molecule has 7 heteroatoms. The van der Waals surface area contributed by atoms with Crippen molar-refractivity contribution in [2.24, 2.45) is 0 Å². The van der Waals surface area contributed by atoms with Crippen LogP contribution in [-0.4, -0.2) is 36.0 Å². The average molecular weight is 293 g/mol. The van der Waals surface area contributed by atoms with Crippen LogP contribution in [0, 0.1) is 6.92 Å². The first-order valence-electron chi connectivity index (χ1n) is 6.52. The highest BCUT2D eigenvalue weighted by atomic mass is 28.3. The second-order valence-electron chi connectivity index (χ2n) is 5.95. The fourth-order valence-corrected chi connectivity index (χ4v) is 2.33. The summed E-state index contributed by atoms with van der Waals surface area (Å²) in [7, 11) is -1.22. The molecule has 0 unspecified atom stereocenters. The van der Waals surface area contributed by atoms with Gasteiger partial charge in [0.25, 0.3) is 0 Å². The van der Waals surface area contributed by atoms with Gasteiger partial charge >= 0.3 is 6.16 Å². The third-order valence-corrected chi connectivity index (χ3v) is 4.51. The van der Waals surface area contributed by atoms with Crippen LogP contribution in [0.15, 0.2) is 18.2 Å². The third kappa shape index (κ3) is 3.80. The molecule has 0 radical (unpaired) electrons. The Balaban J connectivity index is 1.96. The zero-order valence-corrected chi connectivity index (χ0v) is 13.2. The van der Waals surface area contributed by atoms with Crippen molar-refractivity contribution >= 4 is 25.3 Å². The van der Waals surface area contributed by atoms with Gasteiger partial charge in [0, 0.05) is 8.07 Å².